The van der Waals surface area contributed by atoms with Crippen molar-refractivity contribution in [1.29, 1.82) is 0 Å². The van der Waals surface area contributed by atoms with Gasteiger partial charge in [0.25, 0.3) is 0 Å². The smallest absolute Gasteiger partial charge is 0.118 e. The molecule has 1 aromatic rings. The molecular formula is C15H26O2. The fourth-order valence-corrected chi connectivity index (χ4v) is 1.37. The second kappa shape index (κ2) is 11.5. The maximum Gasteiger partial charge on any atom is 0.118 e. The third kappa shape index (κ3) is 7.81. The van der Waals surface area contributed by atoms with E-state index in [1.165, 1.54) is 18.4 Å². The molecule has 0 saturated heterocycles. The quantitative estimate of drug-likeness (QED) is 0.654. The van der Waals surface area contributed by atoms with E-state index in [-0.39, 0.29) is 0 Å². The molecule has 0 aliphatic rings. The first-order valence-electron chi connectivity index (χ1n) is 6.57. The molecule has 0 amide bonds. The minimum Gasteiger partial charge on any atom is -0.497 e. The summed E-state index contributed by atoms with van der Waals surface area (Å²) in [5, 5.41) is 0. The number of benzene rings is 1. The average Bonchev–Trinajstić information content (AvgIpc) is 2.41. The Bertz CT molecular complexity index is 254. The minimum absolute atomic E-state index is 0.702. The molecule has 98 valence electrons. The van der Waals surface area contributed by atoms with Crippen LogP contribution in [0.25, 0.3) is 0 Å². The Morgan fingerprint density at radius 3 is 2.18 bits per heavy atom. The molecule has 0 unspecified atom stereocenters. The normalized spacial score (nSPS) is 9.41. The van der Waals surface area contributed by atoms with E-state index >= 15 is 0 Å². The van der Waals surface area contributed by atoms with E-state index in [2.05, 4.69) is 6.92 Å². The highest BCUT2D eigenvalue weighted by molar-refractivity contribution is 5.26. The van der Waals surface area contributed by atoms with Gasteiger partial charge in [-0.1, -0.05) is 45.7 Å². The van der Waals surface area contributed by atoms with Crippen molar-refractivity contribution >= 4 is 0 Å². The van der Waals surface area contributed by atoms with Gasteiger partial charge in [-0.3, -0.25) is 0 Å². The molecule has 0 radical (unpaired) electrons. The van der Waals surface area contributed by atoms with Crippen LogP contribution >= 0.6 is 0 Å². The molecule has 0 aliphatic heterocycles. The zero-order valence-corrected chi connectivity index (χ0v) is 11.7. The number of hydrogen-bond donors (Lipinski definition) is 0. The zero-order chi connectivity index (χ0) is 12.9. The summed E-state index contributed by atoms with van der Waals surface area (Å²) in [5.74, 6) is 0.893. The van der Waals surface area contributed by atoms with Crippen LogP contribution in [0.1, 0.15) is 45.6 Å². The van der Waals surface area contributed by atoms with Crippen LogP contribution in [0, 0.1) is 0 Å². The molecule has 17 heavy (non-hydrogen) atoms. The number of ether oxygens (including phenoxy) is 2. The van der Waals surface area contributed by atoms with Gasteiger partial charge in [-0.05, 0) is 24.1 Å². The van der Waals surface area contributed by atoms with Gasteiger partial charge in [0.2, 0.25) is 0 Å². The first kappa shape index (κ1) is 16.0. The average molecular weight is 238 g/mol. The van der Waals surface area contributed by atoms with Gasteiger partial charge in [0.15, 0.2) is 0 Å². The van der Waals surface area contributed by atoms with Gasteiger partial charge >= 0.3 is 0 Å². The molecule has 0 fully saturated rings. The Balaban J connectivity index is 0.00000121. The van der Waals surface area contributed by atoms with Crippen molar-refractivity contribution in [3.05, 3.63) is 29.8 Å². The summed E-state index contributed by atoms with van der Waals surface area (Å²) >= 11 is 0. The summed E-state index contributed by atoms with van der Waals surface area (Å²) < 4.78 is 10.6. The molecular weight excluding hydrogens is 212 g/mol. The van der Waals surface area contributed by atoms with Crippen LogP contribution in [0.2, 0.25) is 0 Å². The Morgan fingerprint density at radius 2 is 1.65 bits per heavy atom. The van der Waals surface area contributed by atoms with Gasteiger partial charge in [0.05, 0.1) is 13.7 Å². The fraction of sp³-hybridized carbons (Fsp3) is 0.600. The lowest BCUT2D eigenvalue weighted by molar-refractivity contribution is 0.117. The molecule has 0 bridgehead atoms. The summed E-state index contributed by atoms with van der Waals surface area (Å²) in [5.41, 5.74) is 1.20. The molecule has 2 nitrogen and oxygen atoms in total. The van der Waals surface area contributed by atoms with Crippen molar-refractivity contribution < 1.29 is 9.47 Å². The van der Waals surface area contributed by atoms with Crippen molar-refractivity contribution in [2.24, 2.45) is 0 Å². The van der Waals surface area contributed by atoms with Crippen molar-refractivity contribution in [2.75, 3.05) is 13.7 Å². The highest BCUT2D eigenvalue weighted by atomic mass is 16.5. The van der Waals surface area contributed by atoms with Crippen LogP contribution in [0.3, 0.4) is 0 Å². The predicted octanol–water partition coefficient (Wildman–Crippen LogP) is 4.43. The molecule has 0 saturated carbocycles. The Morgan fingerprint density at radius 1 is 1.00 bits per heavy atom. The van der Waals surface area contributed by atoms with Crippen molar-refractivity contribution in [3.63, 3.8) is 0 Å². The van der Waals surface area contributed by atoms with Gasteiger partial charge in [0, 0.05) is 6.61 Å². The summed E-state index contributed by atoms with van der Waals surface area (Å²) in [4.78, 5) is 0. The van der Waals surface area contributed by atoms with Crippen LogP contribution in [0.15, 0.2) is 24.3 Å². The summed E-state index contributed by atoms with van der Waals surface area (Å²) in [7, 11) is 1.68. The second-order valence-corrected chi connectivity index (χ2v) is 3.61. The Hall–Kier alpha value is -1.02. The minimum atomic E-state index is 0.702. The highest BCUT2D eigenvalue weighted by Crippen LogP contribution is 2.12. The van der Waals surface area contributed by atoms with E-state index in [4.69, 9.17) is 9.47 Å². The maximum absolute atomic E-state index is 5.55. The Kier molecular flexibility index (Phi) is 10.8. The summed E-state index contributed by atoms with van der Waals surface area (Å²) in [6.07, 6.45) is 3.65. The lowest BCUT2D eigenvalue weighted by Crippen LogP contribution is -1.95. The highest BCUT2D eigenvalue weighted by Gasteiger charge is 1.94. The number of hydrogen-bond acceptors (Lipinski definition) is 2. The van der Waals surface area contributed by atoms with Crippen molar-refractivity contribution in [3.8, 4) is 5.75 Å². The zero-order valence-electron chi connectivity index (χ0n) is 11.7. The number of unbranched alkanes of at least 4 members (excludes halogenated alkanes) is 2. The molecule has 0 aromatic heterocycles. The number of methoxy groups -OCH3 is 1. The lowest BCUT2D eigenvalue weighted by Gasteiger charge is -2.05. The van der Waals surface area contributed by atoms with Gasteiger partial charge in [-0.15, -0.1) is 0 Å². The first-order chi connectivity index (χ1) is 8.36. The molecule has 1 rings (SSSR count). The summed E-state index contributed by atoms with van der Waals surface area (Å²) in [6.45, 7) is 7.76. The number of rotatable bonds is 7. The van der Waals surface area contributed by atoms with E-state index in [9.17, 15) is 0 Å². The van der Waals surface area contributed by atoms with Crippen LogP contribution in [0.5, 0.6) is 5.75 Å². The molecule has 0 N–H and O–H groups in total. The topological polar surface area (TPSA) is 18.5 Å². The molecule has 1 aromatic carbocycles. The van der Waals surface area contributed by atoms with E-state index in [1.54, 1.807) is 7.11 Å². The van der Waals surface area contributed by atoms with Gasteiger partial charge in [-0.2, -0.15) is 0 Å². The third-order valence-electron chi connectivity index (χ3n) is 2.32. The molecule has 2 heteroatoms. The predicted molar refractivity (Wildman–Crippen MR) is 73.5 cm³/mol. The van der Waals surface area contributed by atoms with E-state index in [0.717, 1.165) is 18.8 Å². The Labute approximate surface area is 106 Å². The maximum atomic E-state index is 5.55. The molecule has 0 spiro atoms. The van der Waals surface area contributed by atoms with Gasteiger partial charge in [0.1, 0.15) is 5.75 Å². The van der Waals surface area contributed by atoms with Gasteiger partial charge < -0.3 is 9.47 Å². The molecule has 0 atom stereocenters. The molecule has 0 heterocycles. The van der Waals surface area contributed by atoms with E-state index in [0.29, 0.717) is 6.61 Å². The molecule has 0 aliphatic carbocycles. The van der Waals surface area contributed by atoms with E-state index in [1.807, 2.05) is 38.1 Å². The monoisotopic (exact) mass is 238 g/mol. The van der Waals surface area contributed by atoms with Crippen LogP contribution in [0.4, 0.5) is 0 Å². The third-order valence-corrected chi connectivity index (χ3v) is 2.32. The fourth-order valence-electron chi connectivity index (χ4n) is 1.37. The van der Waals surface area contributed by atoms with Crippen LogP contribution in [-0.4, -0.2) is 13.7 Å². The van der Waals surface area contributed by atoms with Crippen LogP contribution < -0.4 is 4.74 Å². The standard InChI is InChI=1S/C13H20O2.C2H6/c1-3-4-5-10-15-11-12-6-8-13(14-2)9-7-12;1-2/h6-9H,3-5,10-11H2,1-2H3;1-2H3. The van der Waals surface area contributed by atoms with Crippen LogP contribution in [-0.2, 0) is 11.3 Å². The SMILES string of the molecule is CC.CCCCCOCc1ccc(OC)cc1. The van der Waals surface area contributed by atoms with Gasteiger partial charge in [-0.25, -0.2) is 0 Å². The second-order valence-electron chi connectivity index (χ2n) is 3.61. The van der Waals surface area contributed by atoms with Crippen molar-refractivity contribution in [2.45, 2.75) is 46.6 Å². The lowest BCUT2D eigenvalue weighted by atomic mass is 10.2. The largest absolute Gasteiger partial charge is 0.497 e. The van der Waals surface area contributed by atoms with Crippen molar-refractivity contribution in [1.82, 2.24) is 0 Å². The first-order valence-corrected chi connectivity index (χ1v) is 6.57. The van der Waals surface area contributed by atoms with E-state index < -0.39 is 0 Å². The summed E-state index contributed by atoms with van der Waals surface area (Å²) in [6, 6.07) is 8.01.